The molecular formula is C10H20N2O2. The van der Waals surface area contributed by atoms with E-state index in [2.05, 4.69) is 12.2 Å². The highest BCUT2D eigenvalue weighted by Crippen LogP contribution is 1.97. The number of amides is 1. The highest BCUT2D eigenvalue weighted by Gasteiger charge is 2.18. The van der Waals surface area contributed by atoms with Gasteiger partial charge in [-0.1, -0.05) is 13.3 Å². The first-order valence-corrected chi connectivity index (χ1v) is 5.41. The molecule has 0 aromatic heterocycles. The monoisotopic (exact) mass is 200 g/mol. The van der Waals surface area contributed by atoms with Gasteiger partial charge >= 0.3 is 0 Å². The summed E-state index contributed by atoms with van der Waals surface area (Å²) in [5.41, 5.74) is 0. The summed E-state index contributed by atoms with van der Waals surface area (Å²) in [6.07, 6.45) is 3.25. The van der Waals surface area contributed by atoms with Gasteiger partial charge in [0.1, 0.15) is 0 Å². The molecule has 0 aromatic rings. The van der Waals surface area contributed by atoms with Crippen LogP contribution in [0.25, 0.3) is 0 Å². The van der Waals surface area contributed by atoms with Crippen molar-refractivity contribution < 1.29 is 9.53 Å². The molecule has 1 rings (SSSR count). The summed E-state index contributed by atoms with van der Waals surface area (Å²) in [5.74, 6) is 0.207. The van der Waals surface area contributed by atoms with Crippen LogP contribution >= 0.6 is 0 Å². The Hall–Kier alpha value is -0.610. The minimum absolute atomic E-state index is 0.207. The molecule has 0 aliphatic carbocycles. The normalized spacial score (nSPS) is 16.6. The molecule has 1 fully saturated rings. The van der Waals surface area contributed by atoms with Crippen LogP contribution in [0.5, 0.6) is 0 Å². The Morgan fingerprint density at radius 3 is 2.86 bits per heavy atom. The van der Waals surface area contributed by atoms with Crippen molar-refractivity contribution in [3.05, 3.63) is 0 Å². The maximum atomic E-state index is 11.2. The van der Waals surface area contributed by atoms with E-state index in [-0.39, 0.29) is 5.91 Å². The van der Waals surface area contributed by atoms with Crippen LogP contribution in [-0.4, -0.2) is 43.8 Å². The second kappa shape index (κ2) is 6.79. The van der Waals surface area contributed by atoms with E-state index in [1.165, 1.54) is 6.42 Å². The quantitative estimate of drug-likeness (QED) is 0.611. The lowest BCUT2D eigenvalue weighted by atomic mass is 10.3. The molecule has 1 heterocycles. The van der Waals surface area contributed by atoms with Gasteiger partial charge in [-0.25, -0.2) is 0 Å². The van der Waals surface area contributed by atoms with Crippen LogP contribution in [0.15, 0.2) is 0 Å². The van der Waals surface area contributed by atoms with Gasteiger partial charge in [0.25, 0.3) is 0 Å². The van der Waals surface area contributed by atoms with Crippen LogP contribution < -0.4 is 5.32 Å². The molecule has 1 N–H and O–H groups in total. The van der Waals surface area contributed by atoms with E-state index in [0.29, 0.717) is 13.2 Å². The molecule has 0 bridgehead atoms. The van der Waals surface area contributed by atoms with Crippen molar-refractivity contribution in [2.45, 2.75) is 26.2 Å². The van der Waals surface area contributed by atoms with Gasteiger partial charge < -0.3 is 9.64 Å². The van der Waals surface area contributed by atoms with Gasteiger partial charge in [-0.2, -0.15) is 0 Å². The van der Waals surface area contributed by atoms with Gasteiger partial charge in [0.05, 0.1) is 13.2 Å². The van der Waals surface area contributed by atoms with E-state index < -0.39 is 0 Å². The Kier molecular flexibility index (Phi) is 5.56. The van der Waals surface area contributed by atoms with Crippen LogP contribution in [-0.2, 0) is 9.53 Å². The Balaban J connectivity index is 1.90. The molecule has 4 nitrogen and oxygen atoms in total. The number of hydrogen-bond donors (Lipinski definition) is 1. The van der Waals surface area contributed by atoms with Crippen molar-refractivity contribution in [1.82, 2.24) is 10.2 Å². The summed E-state index contributed by atoms with van der Waals surface area (Å²) in [6.45, 7) is 5.78. The fraction of sp³-hybridized carbons (Fsp3) is 0.900. The largest absolute Gasteiger partial charge is 0.381 e. The predicted octanol–water partition coefficient (Wildman–Crippen LogP) is 0.583. The lowest BCUT2D eigenvalue weighted by Gasteiger charge is -2.13. The molecule has 0 radical (unpaired) electrons. The number of rotatable bonds is 7. The van der Waals surface area contributed by atoms with Gasteiger partial charge in [-0.3, -0.25) is 10.1 Å². The second-order valence-corrected chi connectivity index (χ2v) is 3.56. The Labute approximate surface area is 85.6 Å². The summed E-state index contributed by atoms with van der Waals surface area (Å²) in [7, 11) is 0. The van der Waals surface area contributed by atoms with Crippen molar-refractivity contribution in [3.63, 3.8) is 0 Å². The molecule has 82 valence electrons. The maximum Gasteiger partial charge on any atom is 0.237 e. The van der Waals surface area contributed by atoms with E-state index in [1.54, 1.807) is 0 Å². The summed E-state index contributed by atoms with van der Waals surface area (Å²) < 4.78 is 5.41. The summed E-state index contributed by atoms with van der Waals surface area (Å²) in [5, 5.41) is 3.02. The molecule has 1 saturated heterocycles. The zero-order valence-corrected chi connectivity index (χ0v) is 8.92. The molecule has 0 saturated carbocycles. The number of nitrogens with one attached hydrogen (secondary N) is 1. The molecule has 1 amide bonds. The lowest BCUT2D eigenvalue weighted by molar-refractivity contribution is -0.126. The number of ether oxygens (including phenoxy) is 1. The van der Waals surface area contributed by atoms with Gasteiger partial charge in [-0.05, 0) is 12.8 Å². The van der Waals surface area contributed by atoms with Gasteiger partial charge in [0.2, 0.25) is 5.91 Å². The highest BCUT2D eigenvalue weighted by atomic mass is 16.5. The number of hydrogen-bond acceptors (Lipinski definition) is 3. The van der Waals surface area contributed by atoms with Gasteiger partial charge in [0, 0.05) is 19.8 Å². The molecular weight excluding hydrogens is 180 g/mol. The molecule has 0 spiro atoms. The minimum Gasteiger partial charge on any atom is -0.381 e. The van der Waals surface area contributed by atoms with Crippen molar-refractivity contribution in [1.29, 1.82) is 0 Å². The summed E-state index contributed by atoms with van der Waals surface area (Å²) >= 11 is 0. The Morgan fingerprint density at radius 2 is 2.21 bits per heavy atom. The van der Waals surface area contributed by atoms with E-state index in [9.17, 15) is 4.79 Å². The predicted molar refractivity (Wildman–Crippen MR) is 54.9 cm³/mol. The molecule has 0 atom stereocenters. The highest BCUT2D eigenvalue weighted by molar-refractivity contribution is 5.79. The van der Waals surface area contributed by atoms with Gasteiger partial charge in [0.15, 0.2) is 0 Å². The summed E-state index contributed by atoms with van der Waals surface area (Å²) in [4.78, 5) is 13.0. The van der Waals surface area contributed by atoms with E-state index in [0.717, 1.165) is 32.6 Å². The van der Waals surface area contributed by atoms with Crippen LogP contribution in [0.2, 0.25) is 0 Å². The molecule has 14 heavy (non-hydrogen) atoms. The third kappa shape index (κ3) is 4.07. The average molecular weight is 200 g/mol. The van der Waals surface area contributed by atoms with Crippen molar-refractivity contribution in [2.24, 2.45) is 0 Å². The van der Waals surface area contributed by atoms with Crippen LogP contribution in [0.1, 0.15) is 26.2 Å². The van der Waals surface area contributed by atoms with Crippen molar-refractivity contribution in [2.75, 3.05) is 33.0 Å². The van der Waals surface area contributed by atoms with Crippen LogP contribution in [0, 0.1) is 0 Å². The van der Waals surface area contributed by atoms with E-state index in [4.69, 9.17) is 4.74 Å². The number of nitrogens with zero attached hydrogens (tertiary/aromatic N) is 1. The fourth-order valence-electron chi connectivity index (χ4n) is 1.41. The third-order valence-corrected chi connectivity index (χ3v) is 2.29. The third-order valence-electron chi connectivity index (χ3n) is 2.29. The van der Waals surface area contributed by atoms with Crippen LogP contribution in [0.4, 0.5) is 0 Å². The molecule has 1 aliphatic heterocycles. The lowest BCUT2D eigenvalue weighted by Crippen LogP contribution is -2.28. The first kappa shape index (κ1) is 11.5. The smallest absolute Gasteiger partial charge is 0.237 e. The van der Waals surface area contributed by atoms with Crippen molar-refractivity contribution >= 4 is 5.91 Å². The summed E-state index contributed by atoms with van der Waals surface area (Å²) in [6, 6.07) is 0. The zero-order chi connectivity index (χ0) is 10.2. The number of unbranched alkanes of at least 4 members (excludes halogenated alkanes) is 1. The average Bonchev–Trinajstić information content (AvgIpc) is 2.58. The van der Waals surface area contributed by atoms with Crippen molar-refractivity contribution in [3.8, 4) is 0 Å². The Bertz CT molecular complexity index is 174. The molecule has 0 unspecified atom stereocenters. The van der Waals surface area contributed by atoms with E-state index in [1.807, 2.05) is 4.90 Å². The van der Waals surface area contributed by atoms with Crippen LogP contribution in [0.3, 0.4) is 0 Å². The molecule has 4 heteroatoms. The SMILES string of the molecule is CCCCOCCCN1CNCC1=O. The van der Waals surface area contributed by atoms with Gasteiger partial charge in [-0.15, -0.1) is 0 Å². The first-order chi connectivity index (χ1) is 6.84. The first-order valence-electron chi connectivity index (χ1n) is 5.41. The van der Waals surface area contributed by atoms with E-state index >= 15 is 0 Å². The Morgan fingerprint density at radius 1 is 1.43 bits per heavy atom. The minimum atomic E-state index is 0.207. The maximum absolute atomic E-state index is 11.2. The topological polar surface area (TPSA) is 41.6 Å². The number of carbonyl (C=O) groups is 1. The standard InChI is InChI=1S/C10H20N2O2/c1-2-3-6-14-7-4-5-12-9-11-8-10(12)13/h11H,2-9H2,1H3. The second-order valence-electron chi connectivity index (χ2n) is 3.56. The molecule has 1 aliphatic rings. The molecule has 0 aromatic carbocycles. The number of carbonyl (C=O) groups excluding carboxylic acids is 1. The zero-order valence-electron chi connectivity index (χ0n) is 8.92. The fourth-order valence-corrected chi connectivity index (χ4v) is 1.41.